The second-order valence-electron chi connectivity index (χ2n) is 7.71. The van der Waals surface area contributed by atoms with E-state index in [1.165, 1.54) is 11.7 Å². The Morgan fingerprint density at radius 3 is 2.32 bits per heavy atom. The fourth-order valence-corrected chi connectivity index (χ4v) is 4.07. The van der Waals surface area contributed by atoms with Gasteiger partial charge in [-0.1, -0.05) is 70.5 Å². The third-order valence-electron chi connectivity index (χ3n) is 5.56. The lowest BCUT2D eigenvalue weighted by Crippen LogP contribution is -2.26. The lowest BCUT2D eigenvalue weighted by Gasteiger charge is -2.22. The predicted molar refractivity (Wildman–Crippen MR) is 135 cm³/mol. The zero-order chi connectivity index (χ0) is 23.7. The summed E-state index contributed by atoms with van der Waals surface area (Å²) >= 11 is 3.50. The van der Waals surface area contributed by atoms with Crippen molar-refractivity contribution in [1.29, 1.82) is 0 Å². The average Bonchev–Trinajstić information content (AvgIpc) is 3.30. The lowest BCUT2D eigenvalue weighted by molar-refractivity contribution is 0.402. The first-order valence-corrected chi connectivity index (χ1v) is 11.4. The second kappa shape index (κ2) is 9.15. The molecule has 8 heteroatoms. The molecule has 0 aliphatic rings. The van der Waals surface area contributed by atoms with Gasteiger partial charge < -0.3 is 14.5 Å². The summed E-state index contributed by atoms with van der Waals surface area (Å²) in [6.45, 7) is 0. The van der Waals surface area contributed by atoms with Gasteiger partial charge in [-0.3, -0.25) is 9.36 Å². The molecule has 170 valence electrons. The topological polar surface area (TPSA) is 82.2 Å². The van der Waals surface area contributed by atoms with Crippen molar-refractivity contribution in [3.05, 3.63) is 105 Å². The molecule has 0 radical (unpaired) electrons. The van der Waals surface area contributed by atoms with Gasteiger partial charge in [0.25, 0.3) is 11.4 Å². The monoisotopic (exact) mass is 516 g/mol. The highest BCUT2D eigenvalue weighted by Gasteiger charge is 2.23. The van der Waals surface area contributed by atoms with Crippen molar-refractivity contribution in [3.63, 3.8) is 0 Å². The summed E-state index contributed by atoms with van der Waals surface area (Å²) in [5.41, 5.74) is 3.22. The number of para-hydroxylation sites is 2. The summed E-state index contributed by atoms with van der Waals surface area (Å²) < 4.78 is 13.7. The highest BCUT2D eigenvalue weighted by molar-refractivity contribution is 9.10. The number of hydrogen-bond donors (Lipinski definition) is 1. The van der Waals surface area contributed by atoms with Gasteiger partial charge >= 0.3 is 0 Å². The van der Waals surface area contributed by atoms with E-state index in [0.29, 0.717) is 17.0 Å². The Labute approximate surface area is 204 Å². The molecule has 0 fully saturated rings. The molecule has 2 aromatic heterocycles. The van der Waals surface area contributed by atoms with Gasteiger partial charge in [0, 0.05) is 11.5 Å². The summed E-state index contributed by atoms with van der Waals surface area (Å²) in [7, 11) is 3.09. The van der Waals surface area contributed by atoms with Gasteiger partial charge in [-0.15, -0.1) is 0 Å². The molecule has 2 heterocycles. The van der Waals surface area contributed by atoms with Crippen LogP contribution in [0.15, 0.2) is 92.5 Å². The van der Waals surface area contributed by atoms with Crippen LogP contribution in [0.4, 0.5) is 5.95 Å². The zero-order valence-electron chi connectivity index (χ0n) is 18.5. The Bertz CT molecular complexity index is 1480. The van der Waals surface area contributed by atoms with E-state index in [1.807, 2.05) is 78.9 Å². The van der Waals surface area contributed by atoms with E-state index in [-0.39, 0.29) is 28.9 Å². The van der Waals surface area contributed by atoms with Crippen LogP contribution in [0, 0.1) is 0 Å². The van der Waals surface area contributed by atoms with E-state index in [2.05, 4.69) is 26.2 Å². The Morgan fingerprint density at radius 2 is 1.62 bits per heavy atom. The van der Waals surface area contributed by atoms with Crippen LogP contribution in [0.25, 0.3) is 22.7 Å². The highest BCUT2D eigenvalue weighted by Crippen LogP contribution is 2.31. The molecule has 0 aliphatic carbocycles. The van der Waals surface area contributed by atoms with E-state index in [1.54, 1.807) is 7.05 Å². The van der Waals surface area contributed by atoms with Gasteiger partial charge in [-0.05, 0) is 35.4 Å². The van der Waals surface area contributed by atoms with Crippen LogP contribution in [0.2, 0.25) is 0 Å². The normalized spacial score (nSPS) is 12.0. The summed E-state index contributed by atoms with van der Waals surface area (Å²) in [4.78, 5) is 22.5. The van der Waals surface area contributed by atoms with Gasteiger partial charge in [-0.2, -0.15) is 0 Å². The summed E-state index contributed by atoms with van der Waals surface area (Å²) in [5, 5.41) is 3.45. The molecule has 34 heavy (non-hydrogen) atoms. The predicted octanol–water partition coefficient (Wildman–Crippen LogP) is 5.56. The summed E-state index contributed by atoms with van der Waals surface area (Å²) in [5.74, 6) is 0.651. The van der Waals surface area contributed by atoms with Crippen molar-refractivity contribution < 1.29 is 9.15 Å². The molecule has 5 aromatic rings. The number of anilines is 1. The van der Waals surface area contributed by atoms with Gasteiger partial charge in [0.15, 0.2) is 11.3 Å². The van der Waals surface area contributed by atoms with Gasteiger partial charge in [-0.25, -0.2) is 9.97 Å². The van der Waals surface area contributed by atoms with Gasteiger partial charge in [0.2, 0.25) is 11.7 Å². The van der Waals surface area contributed by atoms with Crippen molar-refractivity contribution in [2.75, 3.05) is 12.4 Å². The van der Waals surface area contributed by atoms with Crippen molar-refractivity contribution in [1.82, 2.24) is 14.5 Å². The van der Waals surface area contributed by atoms with Crippen LogP contribution in [0.5, 0.6) is 5.75 Å². The number of rotatable bonds is 6. The standard InChI is InChI=1S/C26H21BrN4O3/c1-31-25(32)23(33-2)22(24-28-19-10-6-7-11-20(19)34-24)30-26(31)29-21(16-8-4-3-5-9-16)17-12-14-18(27)15-13-17/h3-15,21H,1-2H3,(H,29,30). The molecule has 3 aromatic carbocycles. The molecule has 0 saturated carbocycles. The highest BCUT2D eigenvalue weighted by atomic mass is 79.9. The molecule has 1 atom stereocenters. The molecule has 0 amide bonds. The number of nitrogens with zero attached hydrogens (tertiary/aromatic N) is 3. The molecule has 7 nitrogen and oxygen atoms in total. The molecule has 1 N–H and O–H groups in total. The fraction of sp³-hybridized carbons (Fsp3) is 0.115. The number of halogens is 1. The SMILES string of the molecule is COc1c(-c2nc3ccccc3o2)nc(NC(c2ccccc2)c2ccc(Br)cc2)n(C)c1=O. The van der Waals surface area contributed by atoms with Crippen molar-refractivity contribution >= 4 is 33.0 Å². The van der Waals surface area contributed by atoms with Crippen LogP contribution in [-0.4, -0.2) is 21.6 Å². The van der Waals surface area contributed by atoms with Crippen molar-refractivity contribution in [2.24, 2.45) is 7.05 Å². The largest absolute Gasteiger partial charge is 0.489 e. The van der Waals surface area contributed by atoms with Crippen LogP contribution in [0.3, 0.4) is 0 Å². The zero-order valence-corrected chi connectivity index (χ0v) is 20.1. The number of hydrogen-bond acceptors (Lipinski definition) is 6. The Balaban J connectivity index is 1.65. The molecule has 0 saturated heterocycles. The number of methoxy groups -OCH3 is 1. The van der Waals surface area contributed by atoms with E-state index in [9.17, 15) is 4.79 Å². The minimum atomic E-state index is -0.347. The number of benzene rings is 3. The average molecular weight is 517 g/mol. The summed E-state index contributed by atoms with van der Waals surface area (Å²) in [6, 6.07) is 25.1. The molecule has 0 bridgehead atoms. The molecule has 5 rings (SSSR count). The maximum Gasteiger partial charge on any atom is 0.297 e. The number of fused-ring (bicyclic) bond motifs is 1. The van der Waals surface area contributed by atoms with Crippen LogP contribution in [-0.2, 0) is 7.05 Å². The number of ether oxygens (including phenoxy) is 1. The third kappa shape index (κ3) is 4.08. The Kier molecular flexibility index (Phi) is 5.90. The smallest absolute Gasteiger partial charge is 0.297 e. The van der Waals surface area contributed by atoms with Crippen LogP contribution >= 0.6 is 15.9 Å². The third-order valence-corrected chi connectivity index (χ3v) is 6.09. The van der Waals surface area contributed by atoms with Crippen LogP contribution in [0.1, 0.15) is 17.2 Å². The molecular formula is C26H21BrN4O3. The first-order chi connectivity index (χ1) is 16.5. The molecular weight excluding hydrogens is 496 g/mol. The minimum Gasteiger partial charge on any atom is -0.489 e. The van der Waals surface area contributed by atoms with Gasteiger partial charge in [0.1, 0.15) is 5.52 Å². The second-order valence-corrected chi connectivity index (χ2v) is 8.62. The quantitative estimate of drug-likeness (QED) is 0.318. The minimum absolute atomic E-state index is 0.0690. The van der Waals surface area contributed by atoms with E-state index >= 15 is 0 Å². The van der Waals surface area contributed by atoms with Gasteiger partial charge in [0.05, 0.1) is 13.2 Å². The molecule has 1 unspecified atom stereocenters. The lowest BCUT2D eigenvalue weighted by atomic mass is 9.99. The number of aromatic nitrogens is 3. The number of oxazole rings is 1. The maximum absolute atomic E-state index is 13.2. The Morgan fingerprint density at radius 1 is 0.941 bits per heavy atom. The van der Waals surface area contributed by atoms with Crippen molar-refractivity contribution in [3.8, 4) is 17.3 Å². The van der Waals surface area contributed by atoms with E-state index in [0.717, 1.165) is 15.6 Å². The fourth-order valence-electron chi connectivity index (χ4n) is 3.80. The van der Waals surface area contributed by atoms with Crippen LogP contribution < -0.4 is 15.6 Å². The first-order valence-electron chi connectivity index (χ1n) is 10.6. The van der Waals surface area contributed by atoms with Crippen molar-refractivity contribution in [2.45, 2.75) is 6.04 Å². The Hall–Kier alpha value is -3.91. The van der Waals surface area contributed by atoms with E-state index in [4.69, 9.17) is 14.1 Å². The molecule has 0 aliphatic heterocycles. The van der Waals surface area contributed by atoms with E-state index < -0.39 is 0 Å². The maximum atomic E-state index is 13.2. The molecule has 0 spiro atoms. The number of nitrogens with one attached hydrogen (secondary N) is 1. The first kappa shape index (κ1) is 21.9. The summed E-state index contributed by atoms with van der Waals surface area (Å²) in [6.07, 6.45) is 0.